The van der Waals surface area contributed by atoms with E-state index in [4.69, 9.17) is 0 Å². The first-order valence-electron chi connectivity index (χ1n) is 9.46. The van der Waals surface area contributed by atoms with Gasteiger partial charge in [-0.3, -0.25) is 14.4 Å². The van der Waals surface area contributed by atoms with E-state index in [-0.39, 0.29) is 30.7 Å². The maximum absolute atomic E-state index is 12.0. The second-order valence-electron chi connectivity index (χ2n) is 6.42. The summed E-state index contributed by atoms with van der Waals surface area (Å²) in [6.07, 6.45) is 5.55. The number of rotatable bonds is 14. The Hall–Kier alpha value is -0.930. The van der Waals surface area contributed by atoms with E-state index in [0.717, 1.165) is 18.1 Å². The number of amides is 1. The molecule has 0 aromatic rings. The van der Waals surface area contributed by atoms with E-state index in [2.05, 4.69) is 14.8 Å². The Balaban J connectivity index is 2.17. The van der Waals surface area contributed by atoms with Gasteiger partial charge in [0.1, 0.15) is 0 Å². The minimum absolute atomic E-state index is 0.0596. The van der Waals surface area contributed by atoms with Crippen LogP contribution in [-0.4, -0.2) is 74.1 Å². The minimum Gasteiger partial charge on any atom is -0.469 e. The maximum atomic E-state index is 12.0. The summed E-state index contributed by atoms with van der Waals surface area (Å²) in [4.78, 5) is 36.6. The van der Waals surface area contributed by atoms with Crippen LogP contribution in [0.4, 0.5) is 0 Å². The van der Waals surface area contributed by atoms with E-state index < -0.39 is 0 Å². The highest BCUT2D eigenvalue weighted by Crippen LogP contribution is 2.39. The van der Waals surface area contributed by atoms with Gasteiger partial charge in [0, 0.05) is 43.6 Å². The van der Waals surface area contributed by atoms with Gasteiger partial charge in [-0.1, -0.05) is 28.0 Å². The third-order valence-electron chi connectivity index (χ3n) is 4.38. The van der Waals surface area contributed by atoms with Crippen LogP contribution in [0, 0.1) is 0 Å². The van der Waals surface area contributed by atoms with Crippen molar-refractivity contribution in [2.24, 2.45) is 0 Å². The quantitative estimate of drug-likeness (QED) is 0.260. The predicted octanol–water partition coefficient (Wildman–Crippen LogP) is 2.24. The van der Waals surface area contributed by atoms with Gasteiger partial charge in [-0.05, 0) is 19.3 Å². The average molecular weight is 421 g/mol. The van der Waals surface area contributed by atoms with E-state index in [1.807, 2.05) is 26.5 Å². The zero-order valence-electron chi connectivity index (χ0n) is 16.4. The molecule has 9 heteroatoms. The van der Waals surface area contributed by atoms with Gasteiger partial charge in [0.05, 0.1) is 27.1 Å². The molecule has 156 valence electrons. The highest BCUT2D eigenvalue weighted by Gasteiger charge is 2.16. The van der Waals surface area contributed by atoms with Gasteiger partial charge in [0.25, 0.3) is 0 Å². The van der Waals surface area contributed by atoms with Gasteiger partial charge in [-0.25, -0.2) is 0 Å². The number of nitrogens with zero attached hydrogens (tertiary/aromatic N) is 1. The Morgan fingerprint density at radius 1 is 1.00 bits per heavy atom. The summed E-state index contributed by atoms with van der Waals surface area (Å²) in [6, 6.07) is 0. The molecule has 0 bridgehead atoms. The second-order valence-corrected chi connectivity index (χ2v) is 9.21. The fourth-order valence-electron chi connectivity index (χ4n) is 2.70. The van der Waals surface area contributed by atoms with Gasteiger partial charge in [0.15, 0.2) is 0 Å². The zero-order valence-corrected chi connectivity index (χ0v) is 18.0. The molecule has 1 aliphatic rings. The fourth-order valence-corrected chi connectivity index (χ4v) is 5.73. The van der Waals surface area contributed by atoms with Gasteiger partial charge in [-0.2, -0.15) is 0 Å². The molecule has 0 spiro atoms. The van der Waals surface area contributed by atoms with Crippen molar-refractivity contribution in [3.05, 3.63) is 0 Å². The summed E-state index contributed by atoms with van der Waals surface area (Å²) in [5, 5.41) is 3.68. The van der Waals surface area contributed by atoms with Crippen LogP contribution in [0.1, 0.15) is 44.9 Å². The van der Waals surface area contributed by atoms with Crippen LogP contribution in [0.2, 0.25) is 0 Å². The molecule has 0 aromatic carbocycles. The number of ether oxygens (including phenoxy) is 2. The highest BCUT2D eigenvalue weighted by molar-refractivity contribution is 8.77. The zero-order chi connectivity index (χ0) is 19.9. The number of esters is 2. The number of methoxy groups -OCH3 is 2. The molecule has 1 atom stereocenters. The Labute approximate surface area is 170 Å². The van der Waals surface area contributed by atoms with Crippen molar-refractivity contribution in [2.75, 3.05) is 46.2 Å². The number of hydrogen-bond acceptors (Lipinski definition) is 8. The van der Waals surface area contributed by atoms with Gasteiger partial charge in [-0.15, -0.1) is 0 Å². The summed E-state index contributed by atoms with van der Waals surface area (Å²) >= 11 is 0. The Morgan fingerprint density at radius 3 is 2.22 bits per heavy atom. The molecule has 1 saturated heterocycles. The monoisotopic (exact) mass is 420 g/mol. The van der Waals surface area contributed by atoms with Crippen LogP contribution in [0.15, 0.2) is 0 Å². The van der Waals surface area contributed by atoms with Crippen LogP contribution in [0.25, 0.3) is 0 Å². The van der Waals surface area contributed by atoms with Crippen LogP contribution in [0.5, 0.6) is 0 Å². The third kappa shape index (κ3) is 12.2. The Morgan fingerprint density at radius 2 is 1.67 bits per heavy atom. The Bertz CT molecular complexity index is 439. The van der Waals surface area contributed by atoms with Crippen molar-refractivity contribution in [1.82, 2.24) is 10.2 Å². The Kier molecular flexibility index (Phi) is 13.4. The number of unbranched alkanes of at least 4 members (excludes halogenated alkanes) is 1. The molecule has 1 aliphatic heterocycles. The normalized spacial score (nSPS) is 16.3. The molecule has 1 unspecified atom stereocenters. The lowest BCUT2D eigenvalue weighted by molar-refractivity contribution is -0.141. The summed E-state index contributed by atoms with van der Waals surface area (Å²) in [7, 11) is 6.63. The van der Waals surface area contributed by atoms with Crippen LogP contribution in [-0.2, 0) is 23.9 Å². The predicted molar refractivity (Wildman–Crippen MR) is 110 cm³/mol. The van der Waals surface area contributed by atoms with E-state index in [1.54, 1.807) is 0 Å². The molecular formula is C18H32N2O5S2. The lowest BCUT2D eigenvalue weighted by Gasteiger charge is -2.21. The molecule has 1 amide bonds. The molecule has 0 radical (unpaired) electrons. The molecule has 27 heavy (non-hydrogen) atoms. The van der Waals surface area contributed by atoms with E-state index in [1.165, 1.54) is 32.8 Å². The van der Waals surface area contributed by atoms with E-state index in [0.29, 0.717) is 32.6 Å². The number of carbonyl (C=O) groups excluding carboxylic acids is 3. The smallest absolute Gasteiger partial charge is 0.306 e. The molecular weight excluding hydrogens is 388 g/mol. The lowest BCUT2D eigenvalue weighted by Crippen LogP contribution is -2.37. The molecule has 0 aromatic heterocycles. The minimum atomic E-state index is -0.291. The van der Waals surface area contributed by atoms with Gasteiger partial charge >= 0.3 is 11.9 Å². The number of nitrogens with one attached hydrogen (secondary N) is 1. The van der Waals surface area contributed by atoms with Crippen molar-refractivity contribution in [2.45, 2.75) is 50.2 Å². The van der Waals surface area contributed by atoms with Crippen LogP contribution >= 0.6 is 21.6 Å². The second kappa shape index (κ2) is 15.0. The molecule has 0 aliphatic carbocycles. The van der Waals surface area contributed by atoms with Crippen molar-refractivity contribution in [1.29, 1.82) is 0 Å². The molecule has 1 rings (SSSR count). The SMILES string of the molecule is COC(=O)CCN(CCNC(=O)CCCCC1CCSS1)CCC(=O)OC. The third-order valence-corrected chi connectivity index (χ3v) is 7.38. The topological polar surface area (TPSA) is 84.9 Å². The molecule has 1 fully saturated rings. The number of hydrogen-bond donors (Lipinski definition) is 1. The molecule has 1 N–H and O–H groups in total. The van der Waals surface area contributed by atoms with Gasteiger partial charge < -0.3 is 19.7 Å². The van der Waals surface area contributed by atoms with Crippen molar-refractivity contribution in [3.63, 3.8) is 0 Å². The standard InChI is InChI=1S/C18H32N2O5S2/c1-24-17(22)7-11-20(12-8-18(23)25-2)13-10-19-16(21)6-4-3-5-15-9-14-26-27-15/h15H,3-14H2,1-2H3,(H,19,21). The highest BCUT2D eigenvalue weighted by atomic mass is 33.1. The first kappa shape index (κ1) is 24.1. The van der Waals surface area contributed by atoms with Crippen molar-refractivity contribution in [3.8, 4) is 0 Å². The largest absolute Gasteiger partial charge is 0.469 e. The summed E-state index contributed by atoms with van der Waals surface area (Å²) in [5.74, 6) is 0.726. The molecule has 1 heterocycles. The van der Waals surface area contributed by atoms with E-state index >= 15 is 0 Å². The lowest BCUT2D eigenvalue weighted by atomic mass is 10.1. The van der Waals surface area contributed by atoms with Crippen molar-refractivity contribution >= 4 is 39.4 Å². The first-order chi connectivity index (χ1) is 13.0. The van der Waals surface area contributed by atoms with E-state index in [9.17, 15) is 14.4 Å². The van der Waals surface area contributed by atoms with Gasteiger partial charge in [0.2, 0.25) is 5.91 Å². The van der Waals surface area contributed by atoms with Crippen LogP contribution in [0.3, 0.4) is 0 Å². The maximum Gasteiger partial charge on any atom is 0.306 e. The first-order valence-corrected chi connectivity index (χ1v) is 11.8. The summed E-state index contributed by atoms with van der Waals surface area (Å²) in [5.41, 5.74) is 0. The average Bonchev–Trinajstić information content (AvgIpc) is 3.19. The fraction of sp³-hybridized carbons (Fsp3) is 0.833. The molecule has 0 saturated carbocycles. The number of carbonyl (C=O) groups is 3. The van der Waals surface area contributed by atoms with Crippen molar-refractivity contribution < 1.29 is 23.9 Å². The van der Waals surface area contributed by atoms with Crippen LogP contribution < -0.4 is 5.32 Å². The molecule has 7 nitrogen and oxygen atoms in total. The summed E-state index contributed by atoms with van der Waals surface area (Å²) in [6.45, 7) is 2.04. The summed E-state index contributed by atoms with van der Waals surface area (Å²) < 4.78 is 9.30.